The summed E-state index contributed by atoms with van der Waals surface area (Å²) in [6.07, 6.45) is 0. The maximum atomic E-state index is 6.48. The molecule has 1 unspecified atom stereocenters. The molecule has 4 heteroatoms. The predicted molar refractivity (Wildman–Crippen MR) is 78.0 cm³/mol. The van der Waals surface area contributed by atoms with Crippen LogP contribution in [-0.4, -0.2) is 0 Å². The van der Waals surface area contributed by atoms with Crippen LogP contribution in [0.1, 0.15) is 26.9 Å². The second kappa shape index (κ2) is 5.19. The molecule has 1 atom stereocenters. The fraction of sp³-hybridized carbons (Fsp3) is 0.231. The summed E-state index contributed by atoms with van der Waals surface area (Å²) in [5.74, 6) is 0. The van der Waals surface area contributed by atoms with Crippen LogP contribution < -0.4 is 0 Å². The second-order valence-electron chi connectivity index (χ2n) is 3.97. The molecule has 0 aliphatic carbocycles. The van der Waals surface area contributed by atoms with Crippen LogP contribution in [-0.2, 0) is 0 Å². The Morgan fingerprint density at radius 3 is 2.29 bits per heavy atom. The van der Waals surface area contributed by atoms with Crippen molar-refractivity contribution in [1.82, 2.24) is 0 Å². The van der Waals surface area contributed by atoms with Crippen LogP contribution in [0.15, 0.2) is 24.3 Å². The van der Waals surface area contributed by atoms with Crippen LogP contribution in [0.25, 0.3) is 0 Å². The maximum absolute atomic E-state index is 6.48. The number of hydrogen-bond acceptors (Lipinski definition) is 1. The zero-order valence-electron chi connectivity index (χ0n) is 9.43. The molecule has 0 fully saturated rings. The standard InChI is InChI=1S/C13H11Cl3S/c1-7-5-9(14)3-4-10(7)12(15)11-6-8(2)13(16)17-11/h3-6,12H,1-2H3. The molecule has 0 N–H and O–H groups in total. The summed E-state index contributed by atoms with van der Waals surface area (Å²) in [5, 5.41) is 0.568. The van der Waals surface area contributed by atoms with Gasteiger partial charge in [-0.1, -0.05) is 29.3 Å². The molecule has 0 saturated heterocycles. The molecule has 1 aromatic carbocycles. The van der Waals surface area contributed by atoms with E-state index in [9.17, 15) is 0 Å². The number of aryl methyl sites for hydroxylation is 2. The molecule has 1 heterocycles. The van der Waals surface area contributed by atoms with Gasteiger partial charge in [-0.2, -0.15) is 0 Å². The third-order valence-corrected chi connectivity index (χ3v) is 5.09. The van der Waals surface area contributed by atoms with Gasteiger partial charge in [0.2, 0.25) is 0 Å². The van der Waals surface area contributed by atoms with E-state index in [4.69, 9.17) is 34.8 Å². The van der Waals surface area contributed by atoms with Crippen molar-refractivity contribution in [2.75, 3.05) is 0 Å². The molecule has 1 aromatic heterocycles. The average Bonchev–Trinajstić information content (AvgIpc) is 2.58. The van der Waals surface area contributed by atoms with Crippen LogP contribution in [0.5, 0.6) is 0 Å². The zero-order valence-corrected chi connectivity index (χ0v) is 12.5. The van der Waals surface area contributed by atoms with Crippen LogP contribution >= 0.6 is 46.1 Å². The highest BCUT2D eigenvalue weighted by Crippen LogP contribution is 2.39. The molecule has 0 saturated carbocycles. The van der Waals surface area contributed by atoms with E-state index in [-0.39, 0.29) is 5.38 Å². The van der Waals surface area contributed by atoms with Gasteiger partial charge in [-0.15, -0.1) is 22.9 Å². The number of hydrogen-bond donors (Lipinski definition) is 0. The predicted octanol–water partition coefficient (Wildman–Crippen LogP) is 6.00. The topological polar surface area (TPSA) is 0 Å². The highest BCUT2D eigenvalue weighted by molar-refractivity contribution is 7.16. The third-order valence-electron chi connectivity index (χ3n) is 2.63. The lowest BCUT2D eigenvalue weighted by Gasteiger charge is -2.11. The minimum Gasteiger partial charge on any atom is -0.126 e. The van der Waals surface area contributed by atoms with Gasteiger partial charge in [0.1, 0.15) is 0 Å². The minimum atomic E-state index is -0.163. The van der Waals surface area contributed by atoms with Gasteiger partial charge in [0.05, 0.1) is 9.71 Å². The number of rotatable bonds is 2. The summed E-state index contributed by atoms with van der Waals surface area (Å²) in [6.45, 7) is 4.00. The van der Waals surface area contributed by atoms with E-state index >= 15 is 0 Å². The minimum absolute atomic E-state index is 0.163. The highest BCUT2D eigenvalue weighted by atomic mass is 35.5. The molecule has 2 aromatic rings. The Labute approximate surface area is 120 Å². The Kier molecular flexibility index (Phi) is 4.04. The molecule has 0 aliphatic rings. The zero-order chi connectivity index (χ0) is 12.6. The van der Waals surface area contributed by atoms with E-state index in [2.05, 4.69) is 0 Å². The monoisotopic (exact) mass is 304 g/mol. The van der Waals surface area contributed by atoms with E-state index in [0.29, 0.717) is 0 Å². The third kappa shape index (κ3) is 2.79. The molecule has 2 rings (SSSR count). The Morgan fingerprint density at radius 2 is 1.76 bits per heavy atom. The van der Waals surface area contributed by atoms with Crippen molar-refractivity contribution in [3.63, 3.8) is 0 Å². The highest BCUT2D eigenvalue weighted by Gasteiger charge is 2.16. The van der Waals surface area contributed by atoms with Crippen LogP contribution in [0.4, 0.5) is 0 Å². The van der Waals surface area contributed by atoms with E-state index in [1.165, 1.54) is 11.3 Å². The largest absolute Gasteiger partial charge is 0.126 e. The smallest absolute Gasteiger partial charge is 0.0960 e. The molecule has 0 bridgehead atoms. The number of halogens is 3. The van der Waals surface area contributed by atoms with Gasteiger partial charge >= 0.3 is 0 Å². The fourth-order valence-electron chi connectivity index (χ4n) is 1.69. The number of benzene rings is 1. The van der Waals surface area contributed by atoms with Gasteiger partial charge in [0.25, 0.3) is 0 Å². The van der Waals surface area contributed by atoms with Crippen molar-refractivity contribution in [1.29, 1.82) is 0 Å². The number of alkyl halides is 1. The molecule has 0 amide bonds. The van der Waals surface area contributed by atoms with Gasteiger partial charge in [-0.05, 0) is 48.7 Å². The first-order valence-electron chi connectivity index (χ1n) is 5.15. The Hall–Kier alpha value is -0.210. The van der Waals surface area contributed by atoms with Crippen molar-refractivity contribution in [2.24, 2.45) is 0 Å². The SMILES string of the molecule is Cc1cc(Cl)ccc1C(Cl)c1cc(C)c(Cl)s1. The van der Waals surface area contributed by atoms with Crippen LogP contribution in [0, 0.1) is 13.8 Å². The molecular formula is C13H11Cl3S. The molecule has 0 spiro atoms. The second-order valence-corrected chi connectivity index (χ2v) is 6.53. The van der Waals surface area contributed by atoms with Crippen molar-refractivity contribution < 1.29 is 0 Å². The van der Waals surface area contributed by atoms with Crippen molar-refractivity contribution >= 4 is 46.1 Å². The van der Waals surface area contributed by atoms with E-state index in [1.54, 1.807) is 0 Å². The Balaban J connectivity index is 2.39. The Morgan fingerprint density at radius 1 is 1.06 bits per heavy atom. The van der Waals surface area contributed by atoms with Crippen molar-refractivity contribution in [3.8, 4) is 0 Å². The van der Waals surface area contributed by atoms with E-state index in [1.807, 2.05) is 38.1 Å². The number of thiophene rings is 1. The van der Waals surface area contributed by atoms with Crippen molar-refractivity contribution in [3.05, 3.63) is 55.2 Å². The summed E-state index contributed by atoms with van der Waals surface area (Å²) in [5.41, 5.74) is 3.25. The summed E-state index contributed by atoms with van der Waals surface area (Å²) >= 11 is 20.0. The first-order valence-corrected chi connectivity index (χ1v) is 7.16. The summed E-state index contributed by atoms with van der Waals surface area (Å²) in [7, 11) is 0. The first-order chi connectivity index (χ1) is 7.99. The van der Waals surface area contributed by atoms with E-state index < -0.39 is 0 Å². The first kappa shape index (κ1) is 13.2. The Bertz CT molecular complexity index is 526. The van der Waals surface area contributed by atoms with Crippen molar-refractivity contribution in [2.45, 2.75) is 19.2 Å². The van der Waals surface area contributed by atoms with E-state index in [0.717, 1.165) is 30.9 Å². The van der Waals surface area contributed by atoms with Crippen LogP contribution in [0.3, 0.4) is 0 Å². The fourth-order valence-corrected chi connectivity index (χ4v) is 3.57. The summed E-state index contributed by atoms with van der Waals surface area (Å²) < 4.78 is 0.803. The van der Waals surface area contributed by atoms with Gasteiger partial charge in [-0.3, -0.25) is 0 Å². The van der Waals surface area contributed by atoms with Crippen LogP contribution in [0.2, 0.25) is 9.36 Å². The quantitative estimate of drug-likeness (QED) is 0.597. The lowest BCUT2D eigenvalue weighted by Crippen LogP contribution is -1.93. The molecule has 0 nitrogen and oxygen atoms in total. The molecular weight excluding hydrogens is 295 g/mol. The van der Waals surface area contributed by atoms with Gasteiger partial charge < -0.3 is 0 Å². The maximum Gasteiger partial charge on any atom is 0.0960 e. The molecule has 17 heavy (non-hydrogen) atoms. The summed E-state index contributed by atoms with van der Waals surface area (Å²) in [4.78, 5) is 1.07. The average molecular weight is 306 g/mol. The van der Waals surface area contributed by atoms with Gasteiger partial charge in [0.15, 0.2) is 0 Å². The molecule has 0 aliphatic heterocycles. The van der Waals surface area contributed by atoms with Gasteiger partial charge in [0, 0.05) is 9.90 Å². The molecule has 90 valence electrons. The lowest BCUT2D eigenvalue weighted by atomic mass is 10.0. The summed E-state index contributed by atoms with van der Waals surface area (Å²) in [6, 6.07) is 7.80. The lowest BCUT2D eigenvalue weighted by molar-refractivity contribution is 1.14. The van der Waals surface area contributed by atoms with Gasteiger partial charge in [-0.25, -0.2) is 0 Å². The molecule has 0 radical (unpaired) electrons. The normalized spacial score (nSPS) is 12.8.